The molecule has 0 aromatic heterocycles. The number of aliphatic carboxylic acids is 1. The van der Waals surface area contributed by atoms with Crippen LogP contribution in [0.15, 0.2) is 0 Å². The molecule has 1 amide bonds. The molecule has 0 heterocycles. The van der Waals surface area contributed by atoms with Crippen molar-refractivity contribution in [3.05, 3.63) is 0 Å². The van der Waals surface area contributed by atoms with Crippen LogP contribution in [0, 0.1) is 5.92 Å². The summed E-state index contributed by atoms with van der Waals surface area (Å²) in [6.45, 7) is 4.17. The highest BCUT2D eigenvalue weighted by molar-refractivity contribution is 5.78. The Bertz CT molecular complexity index is 206. The molecule has 5 heteroatoms. The van der Waals surface area contributed by atoms with E-state index in [1.54, 1.807) is 0 Å². The normalized spacial score (nSPS) is 12.1. The van der Waals surface area contributed by atoms with Gasteiger partial charge in [-0.1, -0.05) is 20.3 Å². The van der Waals surface area contributed by atoms with E-state index in [0.717, 1.165) is 12.8 Å². The van der Waals surface area contributed by atoms with Crippen molar-refractivity contribution in [1.82, 2.24) is 5.32 Å². The Morgan fingerprint density at radius 1 is 1.47 bits per heavy atom. The molecular weight excluding hydrogens is 198 g/mol. The first-order valence-electron chi connectivity index (χ1n) is 5.15. The maximum absolute atomic E-state index is 11.3. The highest BCUT2D eigenvalue weighted by atomic mass is 16.5. The smallest absolute Gasteiger partial charge is 0.329 e. The lowest BCUT2D eigenvalue weighted by molar-refractivity contribution is -0.142. The molecule has 0 aliphatic rings. The minimum absolute atomic E-state index is 0.00391. The Labute approximate surface area is 89.8 Å². The van der Waals surface area contributed by atoms with Gasteiger partial charge in [-0.2, -0.15) is 0 Å². The molecule has 0 radical (unpaired) electrons. The Hall–Kier alpha value is -1.10. The van der Waals surface area contributed by atoms with Crippen molar-refractivity contribution in [3.8, 4) is 0 Å². The predicted molar refractivity (Wildman–Crippen MR) is 55.5 cm³/mol. The molecular formula is C10H19NO4. The maximum atomic E-state index is 11.3. The molecule has 0 aromatic carbocycles. The fraction of sp³-hybridized carbons (Fsp3) is 0.800. The first-order chi connectivity index (χ1) is 7.07. The van der Waals surface area contributed by atoms with Crippen molar-refractivity contribution in [2.24, 2.45) is 5.92 Å². The first-order valence-corrected chi connectivity index (χ1v) is 5.15. The van der Waals surface area contributed by atoms with E-state index in [9.17, 15) is 9.59 Å². The Morgan fingerprint density at radius 3 is 2.67 bits per heavy atom. The van der Waals surface area contributed by atoms with E-state index in [-0.39, 0.29) is 25.0 Å². The Morgan fingerprint density at radius 2 is 2.13 bits per heavy atom. The number of rotatable bonds is 8. The van der Waals surface area contributed by atoms with Crippen molar-refractivity contribution in [2.75, 3.05) is 19.8 Å². The summed E-state index contributed by atoms with van der Waals surface area (Å²) >= 11 is 0. The van der Waals surface area contributed by atoms with Crippen LogP contribution in [0.1, 0.15) is 26.7 Å². The van der Waals surface area contributed by atoms with Crippen molar-refractivity contribution in [3.63, 3.8) is 0 Å². The molecule has 0 aromatic rings. The quantitative estimate of drug-likeness (QED) is 0.585. The van der Waals surface area contributed by atoms with Crippen LogP contribution in [-0.2, 0) is 14.3 Å². The van der Waals surface area contributed by atoms with Crippen LogP contribution in [0.5, 0.6) is 0 Å². The molecule has 5 nitrogen and oxygen atoms in total. The lowest BCUT2D eigenvalue weighted by Gasteiger charge is -2.10. The highest BCUT2D eigenvalue weighted by Crippen LogP contribution is 2.03. The zero-order chi connectivity index (χ0) is 11.7. The maximum Gasteiger partial charge on any atom is 0.329 e. The third-order valence-electron chi connectivity index (χ3n) is 1.94. The Kier molecular flexibility index (Phi) is 7.62. The van der Waals surface area contributed by atoms with E-state index in [1.807, 2.05) is 13.8 Å². The molecule has 0 aliphatic heterocycles. The van der Waals surface area contributed by atoms with Crippen LogP contribution < -0.4 is 5.32 Å². The van der Waals surface area contributed by atoms with Crippen LogP contribution in [0.3, 0.4) is 0 Å². The second kappa shape index (κ2) is 8.23. The van der Waals surface area contributed by atoms with E-state index in [0.29, 0.717) is 6.54 Å². The zero-order valence-corrected chi connectivity index (χ0v) is 9.28. The average Bonchev–Trinajstić information content (AvgIpc) is 2.16. The highest BCUT2D eigenvalue weighted by Gasteiger charge is 2.10. The van der Waals surface area contributed by atoms with Gasteiger partial charge in [0.25, 0.3) is 0 Å². The second-order valence-electron chi connectivity index (χ2n) is 3.43. The number of ether oxygens (including phenoxy) is 1. The van der Waals surface area contributed by atoms with Gasteiger partial charge in [-0.05, 0) is 6.42 Å². The van der Waals surface area contributed by atoms with E-state index in [4.69, 9.17) is 9.84 Å². The third-order valence-corrected chi connectivity index (χ3v) is 1.94. The molecule has 15 heavy (non-hydrogen) atoms. The molecule has 0 bridgehead atoms. The summed E-state index contributed by atoms with van der Waals surface area (Å²) < 4.78 is 4.77. The summed E-state index contributed by atoms with van der Waals surface area (Å²) in [6.07, 6.45) is 1.84. The Balaban J connectivity index is 3.42. The van der Waals surface area contributed by atoms with E-state index in [2.05, 4.69) is 5.32 Å². The molecule has 0 fully saturated rings. The molecule has 0 rings (SSSR count). The van der Waals surface area contributed by atoms with Gasteiger partial charge in [-0.25, -0.2) is 4.79 Å². The summed E-state index contributed by atoms with van der Waals surface area (Å²) in [4.78, 5) is 21.4. The molecule has 0 saturated heterocycles. The summed E-state index contributed by atoms with van der Waals surface area (Å²) in [5.41, 5.74) is 0. The van der Waals surface area contributed by atoms with Gasteiger partial charge in [0.1, 0.15) is 6.61 Å². The summed E-state index contributed by atoms with van der Waals surface area (Å²) in [7, 11) is 0. The number of carbonyl (C=O) groups is 2. The monoisotopic (exact) mass is 217 g/mol. The van der Waals surface area contributed by atoms with E-state index in [1.165, 1.54) is 0 Å². The largest absolute Gasteiger partial charge is 0.480 e. The fourth-order valence-electron chi connectivity index (χ4n) is 1.14. The molecule has 0 saturated carbocycles. The SMILES string of the molecule is CCCC(C)C(=O)NCCOCC(=O)O. The van der Waals surface area contributed by atoms with Gasteiger partial charge in [0.15, 0.2) is 0 Å². The number of carbonyl (C=O) groups excluding carboxylic acids is 1. The van der Waals surface area contributed by atoms with Crippen molar-refractivity contribution in [1.29, 1.82) is 0 Å². The molecule has 2 N–H and O–H groups in total. The van der Waals surface area contributed by atoms with E-state index >= 15 is 0 Å². The number of carboxylic acid groups (broad SMARTS) is 1. The number of amides is 1. The number of nitrogens with one attached hydrogen (secondary N) is 1. The third kappa shape index (κ3) is 7.93. The van der Waals surface area contributed by atoms with Gasteiger partial charge in [0.05, 0.1) is 6.61 Å². The van der Waals surface area contributed by atoms with Gasteiger partial charge >= 0.3 is 5.97 Å². The first kappa shape index (κ1) is 13.9. The number of carboxylic acids is 1. The van der Waals surface area contributed by atoms with Crippen molar-refractivity contribution >= 4 is 11.9 Å². The minimum atomic E-state index is -0.999. The van der Waals surface area contributed by atoms with Crippen LogP contribution in [-0.4, -0.2) is 36.7 Å². The average molecular weight is 217 g/mol. The van der Waals surface area contributed by atoms with Crippen molar-refractivity contribution in [2.45, 2.75) is 26.7 Å². The predicted octanol–water partition coefficient (Wildman–Crippen LogP) is 0.640. The summed E-state index contributed by atoms with van der Waals surface area (Å²) in [5.74, 6) is -0.995. The molecule has 0 spiro atoms. The summed E-state index contributed by atoms with van der Waals surface area (Å²) in [5, 5.41) is 11.0. The van der Waals surface area contributed by atoms with Crippen LogP contribution in [0.2, 0.25) is 0 Å². The van der Waals surface area contributed by atoms with Crippen LogP contribution in [0.4, 0.5) is 0 Å². The standard InChI is InChI=1S/C10H19NO4/c1-3-4-8(2)10(14)11-5-6-15-7-9(12)13/h8H,3-7H2,1-2H3,(H,11,14)(H,12,13). The minimum Gasteiger partial charge on any atom is -0.480 e. The van der Waals surface area contributed by atoms with Gasteiger partial charge < -0.3 is 15.2 Å². The zero-order valence-electron chi connectivity index (χ0n) is 9.28. The lowest BCUT2D eigenvalue weighted by atomic mass is 10.1. The van der Waals surface area contributed by atoms with Gasteiger partial charge in [-0.3, -0.25) is 4.79 Å². The van der Waals surface area contributed by atoms with Gasteiger partial charge in [0, 0.05) is 12.5 Å². The van der Waals surface area contributed by atoms with E-state index < -0.39 is 5.97 Å². The van der Waals surface area contributed by atoms with Gasteiger partial charge in [-0.15, -0.1) is 0 Å². The van der Waals surface area contributed by atoms with Crippen LogP contribution >= 0.6 is 0 Å². The van der Waals surface area contributed by atoms with Crippen LogP contribution in [0.25, 0.3) is 0 Å². The molecule has 0 aliphatic carbocycles. The van der Waals surface area contributed by atoms with Gasteiger partial charge in [0.2, 0.25) is 5.91 Å². The molecule has 1 unspecified atom stereocenters. The lowest BCUT2D eigenvalue weighted by Crippen LogP contribution is -2.32. The number of hydrogen-bond donors (Lipinski definition) is 2. The fourth-order valence-corrected chi connectivity index (χ4v) is 1.14. The number of hydrogen-bond acceptors (Lipinski definition) is 3. The van der Waals surface area contributed by atoms with Crippen molar-refractivity contribution < 1.29 is 19.4 Å². The topological polar surface area (TPSA) is 75.6 Å². The summed E-state index contributed by atoms with van der Waals surface area (Å²) in [6, 6.07) is 0. The molecule has 88 valence electrons. The molecule has 1 atom stereocenters. The second-order valence-corrected chi connectivity index (χ2v) is 3.43.